The fourth-order valence-electron chi connectivity index (χ4n) is 1.19. The van der Waals surface area contributed by atoms with Crippen molar-refractivity contribution in [2.75, 3.05) is 0 Å². The lowest BCUT2D eigenvalue weighted by molar-refractivity contribution is 0.663. The molecule has 2 nitrogen and oxygen atoms in total. The second kappa shape index (κ2) is 5.79. The molecule has 0 aliphatic heterocycles. The molecule has 1 heterocycles. The number of nitrogens with two attached hydrogens (primary N) is 1. The molecule has 2 N–H and O–H groups in total. The van der Waals surface area contributed by atoms with E-state index in [1.165, 1.54) is 0 Å². The van der Waals surface area contributed by atoms with Gasteiger partial charge in [-0.2, -0.15) is 0 Å². The molecule has 1 rings (SSSR count). The van der Waals surface area contributed by atoms with Crippen molar-refractivity contribution >= 4 is 15.9 Å². The molecule has 0 spiro atoms. The number of pyridine rings is 1. The summed E-state index contributed by atoms with van der Waals surface area (Å²) in [5.41, 5.74) is 7.11. The predicted molar refractivity (Wildman–Crippen MR) is 61.5 cm³/mol. The fourth-order valence-corrected chi connectivity index (χ4v) is 1.74. The van der Waals surface area contributed by atoms with Gasteiger partial charge in [-0.1, -0.05) is 0 Å². The first kappa shape index (κ1) is 11.2. The maximum atomic E-state index is 6.01. The van der Waals surface area contributed by atoms with E-state index in [0.717, 1.165) is 22.9 Å². The molecule has 74 valence electrons. The molecular formula is C11H13BrN2. The van der Waals surface area contributed by atoms with Gasteiger partial charge in [0.1, 0.15) is 0 Å². The van der Waals surface area contributed by atoms with Crippen molar-refractivity contribution in [2.45, 2.75) is 25.8 Å². The molecule has 0 fully saturated rings. The summed E-state index contributed by atoms with van der Waals surface area (Å²) in [7, 11) is 0. The summed E-state index contributed by atoms with van der Waals surface area (Å²) in [5, 5.41) is 0. The summed E-state index contributed by atoms with van der Waals surface area (Å²) in [6.07, 6.45) is 5.24. The third-order valence-electron chi connectivity index (χ3n) is 1.96. The predicted octanol–water partition coefficient (Wildman–Crippen LogP) is 2.65. The summed E-state index contributed by atoms with van der Waals surface area (Å²) < 4.78 is 0.969. The van der Waals surface area contributed by atoms with Crippen LogP contribution in [-0.2, 0) is 0 Å². The van der Waals surface area contributed by atoms with Gasteiger partial charge < -0.3 is 5.73 Å². The summed E-state index contributed by atoms with van der Waals surface area (Å²) in [6.45, 7) is 1.84. The van der Waals surface area contributed by atoms with Gasteiger partial charge in [-0.25, -0.2) is 0 Å². The third-order valence-corrected chi connectivity index (χ3v) is 2.62. The van der Waals surface area contributed by atoms with E-state index >= 15 is 0 Å². The molecule has 3 heteroatoms. The van der Waals surface area contributed by atoms with Crippen LogP contribution in [0, 0.1) is 11.8 Å². The van der Waals surface area contributed by atoms with Crippen molar-refractivity contribution in [2.24, 2.45) is 5.73 Å². The van der Waals surface area contributed by atoms with E-state index in [4.69, 9.17) is 5.73 Å². The van der Waals surface area contributed by atoms with Gasteiger partial charge in [0.15, 0.2) is 0 Å². The molecule has 0 amide bonds. The van der Waals surface area contributed by atoms with Crippen molar-refractivity contribution in [1.29, 1.82) is 0 Å². The van der Waals surface area contributed by atoms with Crippen LogP contribution in [0.5, 0.6) is 0 Å². The van der Waals surface area contributed by atoms with Gasteiger partial charge in [-0.15, -0.1) is 11.8 Å². The van der Waals surface area contributed by atoms with Crippen LogP contribution < -0.4 is 5.73 Å². The number of rotatable bonds is 3. The minimum Gasteiger partial charge on any atom is -0.324 e. The van der Waals surface area contributed by atoms with Crippen LogP contribution in [0.3, 0.4) is 0 Å². The van der Waals surface area contributed by atoms with E-state index in [-0.39, 0.29) is 6.04 Å². The normalized spacial score (nSPS) is 11.6. The Morgan fingerprint density at radius 2 is 2.43 bits per heavy atom. The van der Waals surface area contributed by atoms with E-state index in [9.17, 15) is 0 Å². The minimum absolute atomic E-state index is 0.0354. The Balaban J connectivity index is 2.63. The first-order valence-corrected chi connectivity index (χ1v) is 5.29. The topological polar surface area (TPSA) is 38.9 Å². The highest BCUT2D eigenvalue weighted by Gasteiger charge is 2.08. The molecular weight excluding hydrogens is 240 g/mol. The third kappa shape index (κ3) is 3.13. The zero-order chi connectivity index (χ0) is 10.4. The van der Waals surface area contributed by atoms with Gasteiger partial charge >= 0.3 is 0 Å². The Morgan fingerprint density at radius 1 is 1.64 bits per heavy atom. The number of hydrogen-bond acceptors (Lipinski definition) is 2. The number of nitrogens with zero attached hydrogens (tertiary/aromatic N) is 1. The smallest absolute Gasteiger partial charge is 0.0413 e. The number of aromatic nitrogens is 1. The first-order valence-electron chi connectivity index (χ1n) is 4.50. The van der Waals surface area contributed by atoms with E-state index in [2.05, 4.69) is 32.8 Å². The zero-order valence-corrected chi connectivity index (χ0v) is 9.71. The summed E-state index contributed by atoms with van der Waals surface area (Å²) >= 11 is 3.43. The van der Waals surface area contributed by atoms with Crippen LogP contribution >= 0.6 is 15.9 Å². The van der Waals surface area contributed by atoms with Gasteiger partial charge in [-0.05, 0) is 40.9 Å². The summed E-state index contributed by atoms with van der Waals surface area (Å²) in [5.74, 6) is 5.87. The zero-order valence-electron chi connectivity index (χ0n) is 8.13. The van der Waals surface area contributed by atoms with E-state index in [1.807, 2.05) is 13.0 Å². The van der Waals surface area contributed by atoms with Crippen molar-refractivity contribution in [3.63, 3.8) is 0 Å². The lowest BCUT2D eigenvalue weighted by Gasteiger charge is -2.11. The molecule has 0 saturated heterocycles. The average Bonchev–Trinajstić information content (AvgIpc) is 2.18. The minimum atomic E-state index is 0.0354. The number of hydrogen-bond donors (Lipinski definition) is 1. The summed E-state index contributed by atoms with van der Waals surface area (Å²) in [6, 6.07) is 1.97. The molecule has 0 aliphatic rings. The Kier molecular flexibility index (Phi) is 4.64. The van der Waals surface area contributed by atoms with Crippen molar-refractivity contribution < 1.29 is 0 Å². The van der Waals surface area contributed by atoms with Crippen molar-refractivity contribution in [1.82, 2.24) is 4.98 Å². The van der Waals surface area contributed by atoms with Gasteiger partial charge in [0.25, 0.3) is 0 Å². The molecule has 1 unspecified atom stereocenters. The molecule has 1 atom stereocenters. The van der Waals surface area contributed by atoms with E-state index in [0.29, 0.717) is 0 Å². The maximum absolute atomic E-state index is 6.01. The van der Waals surface area contributed by atoms with Crippen LogP contribution in [0.4, 0.5) is 0 Å². The molecule has 0 radical (unpaired) electrons. The quantitative estimate of drug-likeness (QED) is 0.841. The van der Waals surface area contributed by atoms with E-state index < -0.39 is 0 Å². The largest absolute Gasteiger partial charge is 0.324 e. The second-order valence-electron chi connectivity index (χ2n) is 2.97. The lowest BCUT2D eigenvalue weighted by atomic mass is 10.0. The van der Waals surface area contributed by atoms with Gasteiger partial charge in [0.2, 0.25) is 0 Å². The fraction of sp³-hybridized carbons (Fsp3) is 0.364. The average molecular weight is 253 g/mol. The van der Waals surface area contributed by atoms with Gasteiger partial charge in [-0.3, -0.25) is 4.98 Å². The van der Waals surface area contributed by atoms with Crippen LogP contribution in [0.1, 0.15) is 31.4 Å². The number of halogens is 1. The van der Waals surface area contributed by atoms with Gasteiger partial charge in [0, 0.05) is 29.3 Å². The second-order valence-corrected chi connectivity index (χ2v) is 3.82. The van der Waals surface area contributed by atoms with Gasteiger partial charge in [0.05, 0.1) is 0 Å². The molecule has 1 aromatic rings. The van der Waals surface area contributed by atoms with Crippen LogP contribution in [0.2, 0.25) is 0 Å². The summed E-state index contributed by atoms with van der Waals surface area (Å²) in [4.78, 5) is 3.99. The Morgan fingerprint density at radius 3 is 3.07 bits per heavy atom. The van der Waals surface area contributed by atoms with Crippen LogP contribution in [-0.4, -0.2) is 4.98 Å². The Labute approximate surface area is 93.0 Å². The molecule has 14 heavy (non-hydrogen) atoms. The lowest BCUT2D eigenvalue weighted by Crippen LogP contribution is -2.10. The molecule has 1 aromatic heterocycles. The molecule has 0 aliphatic carbocycles. The maximum Gasteiger partial charge on any atom is 0.0413 e. The monoisotopic (exact) mass is 252 g/mol. The molecule has 0 bridgehead atoms. The first-order chi connectivity index (χ1) is 6.75. The van der Waals surface area contributed by atoms with Crippen LogP contribution in [0.25, 0.3) is 0 Å². The van der Waals surface area contributed by atoms with Crippen molar-refractivity contribution in [3.8, 4) is 11.8 Å². The van der Waals surface area contributed by atoms with E-state index in [1.54, 1.807) is 12.4 Å². The Hall–Kier alpha value is -0.850. The highest BCUT2D eigenvalue weighted by molar-refractivity contribution is 9.10. The molecule has 0 saturated carbocycles. The van der Waals surface area contributed by atoms with Crippen molar-refractivity contribution in [3.05, 3.63) is 28.5 Å². The standard InChI is InChI=1S/C11H13BrN2/c1-2-3-4-5-11(13)9-6-7-14-8-10(9)12/h6-8,11H,4-5,13H2,1H3. The highest BCUT2D eigenvalue weighted by Crippen LogP contribution is 2.23. The highest BCUT2D eigenvalue weighted by atomic mass is 79.9. The SMILES string of the molecule is CC#CCCC(N)c1ccncc1Br. The molecule has 0 aromatic carbocycles. The Bertz CT molecular complexity index is 352. The van der Waals surface area contributed by atoms with Crippen LogP contribution in [0.15, 0.2) is 22.9 Å².